The summed E-state index contributed by atoms with van der Waals surface area (Å²) in [6.07, 6.45) is -0.847. The average Bonchev–Trinajstić information content (AvgIpc) is 2.66. The highest BCUT2D eigenvalue weighted by atomic mass is 32.2. The highest BCUT2D eigenvalue weighted by molar-refractivity contribution is 7.99. The van der Waals surface area contributed by atoms with Crippen molar-refractivity contribution < 1.29 is 15.0 Å². The number of pyridine rings is 1. The van der Waals surface area contributed by atoms with E-state index in [2.05, 4.69) is 10.3 Å². The maximum atomic E-state index is 12.3. The first kappa shape index (κ1) is 19.2. The third kappa shape index (κ3) is 4.78. The van der Waals surface area contributed by atoms with Crippen LogP contribution in [0.2, 0.25) is 0 Å². The van der Waals surface area contributed by atoms with Gasteiger partial charge in [0.1, 0.15) is 5.75 Å². The molecule has 0 radical (unpaired) electrons. The minimum Gasteiger partial charge on any atom is -0.508 e. The van der Waals surface area contributed by atoms with Gasteiger partial charge in [-0.25, -0.2) is 4.98 Å². The van der Waals surface area contributed by atoms with Crippen molar-refractivity contribution in [3.05, 3.63) is 65.7 Å². The van der Waals surface area contributed by atoms with Crippen molar-refractivity contribution in [1.82, 2.24) is 10.3 Å². The summed E-state index contributed by atoms with van der Waals surface area (Å²) in [6.45, 7) is 3.78. The van der Waals surface area contributed by atoms with Crippen molar-refractivity contribution in [1.29, 1.82) is 0 Å². The first-order valence-corrected chi connectivity index (χ1v) is 9.68. The Morgan fingerprint density at radius 3 is 2.63 bits per heavy atom. The van der Waals surface area contributed by atoms with Crippen LogP contribution in [0.1, 0.15) is 24.2 Å². The summed E-state index contributed by atoms with van der Waals surface area (Å²) in [4.78, 5) is 16.8. The lowest BCUT2D eigenvalue weighted by Gasteiger charge is -2.20. The van der Waals surface area contributed by atoms with Crippen LogP contribution in [0.5, 0.6) is 5.75 Å². The zero-order valence-electron chi connectivity index (χ0n) is 15.2. The van der Waals surface area contributed by atoms with Crippen LogP contribution in [-0.4, -0.2) is 32.9 Å². The van der Waals surface area contributed by atoms with Crippen LogP contribution in [0.3, 0.4) is 0 Å². The Kier molecular flexibility index (Phi) is 5.98. The molecule has 2 atom stereocenters. The molecule has 2 aromatic carbocycles. The number of nitrogens with one attached hydrogen (secondary N) is 1. The quantitative estimate of drug-likeness (QED) is 0.568. The summed E-state index contributed by atoms with van der Waals surface area (Å²) < 4.78 is 0. The van der Waals surface area contributed by atoms with Gasteiger partial charge < -0.3 is 15.5 Å². The smallest absolute Gasteiger partial charge is 0.230 e. The van der Waals surface area contributed by atoms with Crippen molar-refractivity contribution in [2.45, 2.75) is 31.0 Å². The standard InChI is InChI=1S/C21H22N2O3S/c1-13-11-20(23-18-6-4-3-5-17(13)18)27-12-19(25)22-14(2)21(26)15-7-9-16(24)10-8-15/h3-11,14,21,24,26H,12H2,1-2H3,(H,22,25)/t14-,21+/m0/s1. The van der Waals surface area contributed by atoms with Crippen molar-refractivity contribution in [2.75, 3.05) is 5.75 Å². The number of aromatic hydroxyl groups is 1. The fourth-order valence-electron chi connectivity index (χ4n) is 2.87. The second-order valence-electron chi connectivity index (χ2n) is 6.48. The van der Waals surface area contributed by atoms with Gasteiger partial charge in [-0.05, 0) is 49.2 Å². The molecule has 0 saturated carbocycles. The minimum atomic E-state index is -0.847. The van der Waals surface area contributed by atoms with Crippen LogP contribution in [0.15, 0.2) is 59.6 Å². The molecule has 27 heavy (non-hydrogen) atoms. The molecule has 5 nitrogen and oxygen atoms in total. The summed E-state index contributed by atoms with van der Waals surface area (Å²) in [5.41, 5.74) is 2.68. The lowest BCUT2D eigenvalue weighted by Crippen LogP contribution is -2.38. The number of rotatable bonds is 6. The maximum absolute atomic E-state index is 12.3. The number of hydrogen-bond acceptors (Lipinski definition) is 5. The van der Waals surface area contributed by atoms with Crippen LogP contribution in [-0.2, 0) is 4.79 Å². The number of amides is 1. The van der Waals surface area contributed by atoms with Gasteiger partial charge in [-0.1, -0.05) is 42.1 Å². The zero-order chi connectivity index (χ0) is 19.4. The van der Waals surface area contributed by atoms with Crippen LogP contribution in [0.4, 0.5) is 0 Å². The molecule has 3 rings (SSSR count). The highest BCUT2D eigenvalue weighted by Crippen LogP contribution is 2.24. The lowest BCUT2D eigenvalue weighted by atomic mass is 10.0. The fourth-order valence-corrected chi connectivity index (χ4v) is 3.65. The van der Waals surface area contributed by atoms with Gasteiger partial charge in [-0.15, -0.1) is 0 Å². The molecule has 1 heterocycles. The molecule has 0 bridgehead atoms. The molecule has 0 aliphatic rings. The average molecular weight is 382 g/mol. The highest BCUT2D eigenvalue weighted by Gasteiger charge is 2.18. The van der Waals surface area contributed by atoms with E-state index in [0.717, 1.165) is 21.5 Å². The van der Waals surface area contributed by atoms with E-state index < -0.39 is 12.1 Å². The van der Waals surface area contributed by atoms with Crippen molar-refractivity contribution in [3.8, 4) is 5.75 Å². The van der Waals surface area contributed by atoms with E-state index >= 15 is 0 Å². The Hall–Kier alpha value is -2.57. The molecule has 1 aromatic heterocycles. The van der Waals surface area contributed by atoms with E-state index in [9.17, 15) is 15.0 Å². The number of carbonyl (C=O) groups excluding carboxylic acids is 1. The minimum absolute atomic E-state index is 0.136. The number of thioether (sulfide) groups is 1. The number of aliphatic hydroxyl groups is 1. The number of aliphatic hydroxyl groups excluding tert-OH is 1. The normalized spacial score (nSPS) is 13.3. The summed E-state index contributed by atoms with van der Waals surface area (Å²) in [6, 6.07) is 15.8. The van der Waals surface area contributed by atoms with Gasteiger partial charge >= 0.3 is 0 Å². The Balaban J connectivity index is 1.58. The molecule has 140 valence electrons. The van der Waals surface area contributed by atoms with Crippen LogP contribution in [0, 0.1) is 6.92 Å². The van der Waals surface area contributed by atoms with Gasteiger partial charge in [-0.3, -0.25) is 4.79 Å². The van der Waals surface area contributed by atoms with E-state index in [0.29, 0.717) is 5.56 Å². The molecule has 1 amide bonds. The Morgan fingerprint density at radius 1 is 1.19 bits per heavy atom. The number of benzene rings is 2. The largest absolute Gasteiger partial charge is 0.508 e. The Bertz CT molecular complexity index is 944. The summed E-state index contributed by atoms with van der Waals surface area (Å²) in [5.74, 6) is 0.187. The van der Waals surface area contributed by atoms with E-state index in [4.69, 9.17) is 0 Å². The van der Waals surface area contributed by atoms with Gasteiger partial charge in [-0.2, -0.15) is 0 Å². The summed E-state index contributed by atoms with van der Waals surface area (Å²) in [7, 11) is 0. The number of para-hydroxylation sites is 1. The van der Waals surface area contributed by atoms with Crippen molar-refractivity contribution in [2.24, 2.45) is 0 Å². The molecular weight excluding hydrogens is 360 g/mol. The third-order valence-electron chi connectivity index (χ3n) is 4.35. The fraction of sp³-hybridized carbons (Fsp3) is 0.238. The number of hydrogen-bond donors (Lipinski definition) is 3. The number of aryl methyl sites for hydroxylation is 1. The Labute approximate surface area is 162 Å². The molecule has 0 unspecified atom stereocenters. The third-order valence-corrected chi connectivity index (χ3v) is 5.26. The maximum Gasteiger partial charge on any atom is 0.230 e. The van der Waals surface area contributed by atoms with Crippen LogP contribution >= 0.6 is 11.8 Å². The summed E-state index contributed by atoms with van der Waals surface area (Å²) in [5, 5.41) is 24.4. The molecular formula is C21H22N2O3S. The monoisotopic (exact) mass is 382 g/mol. The zero-order valence-corrected chi connectivity index (χ0v) is 16.0. The van der Waals surface area contributed by atoms with Gasteiger partial charge in [0.25, 0.3) is 0 Å². The van der Waals surface area contributed by atoms with E-state index in [1.165, 1.54) is 23.9 Å². The predicted octanol–water partition coefficient (Wildman–Crippen LogP) is 3.58. The second kappa shape index (κ2) is 8.41. The van der Waals surface area contributed by atoms with E-state index in [-0.39, 0.29) is 17.4 Å². The molecule has 0 fully saturated rings. The van der Waals surface area contributed by atoms with Gasteiger partial charge in [0, 0.05) is 5.39 Å². The second-order valence-corrected chi connectivity index (χ2v) is 7.47. The number of aromatic nitrogens is 1. The van der Waals surface area contributed by atoms with E-state index in [1.807, 2.05) is 37.3 Å². The predicted molar refractivity (Wildman–Crippen MR) is 108 cm³/mol. The first-order chi connectivity index (χ1) is 12.9. The molecule has 3 aromatic rings. The van der Waals surface area contributed by atoms with Crippen LogP contribution < -0.4 is 5.32 Å². The molecule has 0 spiro atoms. The SMILES string of the molecule is Cc1cc(SCC(=O)N[C@@H](C)[C@@H](O)c2ccc(O)cc2)nc2ccccc12. The van der Waals surface area contributed by atoms with Gasteiger partial charge in [0.2, 0.25) is 5.91 Å². The number of fused-ring (bicyclic) bond motifs is 1. The summed E-state index contributed by atoms with van der Waals surface area (Å²) >= 11 is 1.37. The molecule has 0 saturated heterocycles. The molecule has 3 N–H and O–H groups in total. The van der Waals surface area contributed by atoms with Gasteiger partial charge in [0.15, 0.2) is 0 Å². The number of nitrogens with zero attached hydrogens (tertiary/aromatic N) is 1. The molecule has 0 aliphatic carbocycles. The van der Waals surface area contributed by atoms with Crippen LogP contribution in [0.25, 0.3) is 10.9 Å². The number of phenolic OH excluding ortho intramolecular Hbond substituents is 1. The molecule has 6 heteroatoms. The van der Waals surface area contributed by atoms with Crippen molar-refractivity contribution >= 4 is 28.6 Å². The number of phenols is 1. The first-order valence-electron chi connectivity index (χ1n) is 8.69. The molecule has 0 aliphatic heterocycles. The van der Waals surface area contributed by atoms with Crippen molar-refractivity contribution in [3.63, 3.8) is 0 Å². The topological polar surface area (TPSA) is 82.5 Å². The van der Waals surface area contributed by atoms with E-state index in [1.54, 1.807) is 19.1 Å². The lowest BCUT2D eigenvalue weighted by molar-refractivity contribution is -0.119. The van der Waals surface area contributed by atoms with Gasteiger partial charge in [0.05, 0.1) is 28.4 Å². The Morgan fingerprint density at radius 2 is 1.89 bits per heavy atom. The number of carbonyl (C=O) groups is 1.